The summed E-state index contributed by atoms with van der Waals surface area (Å²) in [4.78, 5) is 28.3. The van der Waals surface area contributed by atoms with Crippen molar-refractivity contribution in [2.45, 2.75) is 31.7 Å². The fraction of sp³-hybridized carbons (Fsp3) is 0.579. The van der Waals surface area contributed by atoms with E-state index < -0.39 is 11.7 Å². The highest BCUT2D eigenvalue weighted by Gasteiger charge is 2.27. The number of halogens is 1. The standard InChI is InChI=1S/C19H27FN4O3/c20-17-5-4-14(13-16(17)18(21)25)22-19(26)24-7-2-1-3-15(24)6-8-23-9-11-27-12-10-23/h4-5,13,15H,1-3,6-12H2,(H2,21,25)(H,22,26)/t15-/m0/s1. The van der Waals surface area contributed by atoms with Crippen LogP contribution in [0.1, 0.15) is 36.0 Å². The van der Waals surface area contributed by atoms with Crippen LogP contribution >= 0.6 is 0 Å². The second-order valence-electron chi connectivity index (χ2n) is 7.07. The minimum atomic E-state index is -0.857. The Balaban J connectivity index is 1.61. The maximum atomic E-state index is 13.6. The van der Waals surface area contributed by atoms with Crippen molar-refractivity contribution in [2.75, 3.05) is 44.7 Å². The molecular weight excluding hydrogens is 351 g/mol. The lowest BCUT2D eigenvalue weighted by atomic mass is 9.99. The molecule has 148 valence electrons. The number of benzene rings is 1. The van der Waals surface area contributed by atoms with Crippen molar-refractivity contribution in [2.24, 2.45) is 5.73 Å². The molecule has 3 rings (SSSR count). The number of nitrogens with zero attached hydrogens (tertiary/aromatic N) is 2. The molecule has 8 heteroatoms. The third kappa shape index (κ3) is 5.17. The van der Waals surface area contributed by atoms with E-state index in [0.717, 1.165) is 64.6 Å². The van der Waals surface area contributed by atoms with E-state index in [1.54, 1.807) is 0 Å². The number of urea groups is 1. The van der Waals surface area contributed by atoms with Crippen LogP contribution in [0.4, 0.5) is 14.9 Å². The number of amides is 3. The number of hydrogen-bond donors (Lipinski definition) is 2. The highest BCUT2D eigenvalue weighted by Crippen LogP contribution is 2.22. The van der Waals surface area contributed by atoms with E-state index in [1.807, 2.05) is 4.90 Å². The third-order valence-corrected chi connectivity index (χ3v) is 5.25. The molecule has 0 bridgehead atoms. The Kier molecular flexibility index (Phi) is 6.63. The summed E-state index contributed by atoms with van der Waals surface area (Å²) in [6, 6.07) is 3.82. The van der Waals surface area contributed by atoms with Gasteiger partial charge in [0.05, 0.1) is 18.8 Å². The van der Waals surface area contributed by atoms with E-state index in [-0.39, 0.29) is 17.6 Å². The number of primary amides is 1. The molecular formula is C19H27FN4O3. The van der Waals surface area contributed by atoms with Gasteiger partial charge < -0.3 is 20.7 Å². The van der Waals surface area contributed by atoms with Gasteiger partial charge in [0.2, 0.25) is 0 Å². The van der Waals surface area contributed by atoms with E-state index in [4.69, 9.17) is 10.5 Å². The van der Waals surface area contributed by atoms with Crippen molar-refractivity contribution in [3.05, 3.63) is 29.6 Å². The van der Waals surface area contributed by atoms with Gasteiger partial charge in [0.25, 0.3) is 5.91 Å². The number of hydrogen-bond acceptors (Lipinski definition) is 4. The van der Waals surface area contributed by atoms with Crippen molar-refractivity contribution in [3.63, 3.8) is 0 Å². The smallest absolute Gasteiger partial charge is 0.322 e. The Hall–Kier alpha value is -2.19. The summed E-state index contributed by atoms with van der Waals surface area (Å²) in [5, 5.41) is 2.78. The molecule has 1 atom stereocenters. The van der Waals surface area contributed by atoms with Crippen molar-refractivity contribution in [1.82, 2.24) is 9.80 Å². The Morgan fingerprint density at radius 2 is 2.00 bits per heavy atom. The Labute approximate surface area is 158 Å². The number of morpholine rings is 1. The Morgan fingerprint density at radius 1 is 1.22 bits per heavy atom. The predicted octanol–water partition coefficient (Wildman–Crippen LogP) is 2.03. The molecule has 0 aliphatic carbocycles. The molecule has 3 amide bonds. The van der Waals surface area contributed by atoms with Gasteiger partial charge in [0.15, 0.2) is 0 Å². The van der Waals surface area contributed by atoms with Crippen LogP contribution in [-0.2, 0) is 4.74 Å². The SMILES string of the molecule is NC(=O)c1cc(NC(=O)N2CCCC[C@H]2CCN2CCOCC2)ccc1F. The zero-order valence-corrected chi connectivity index (χ0v) is 15.5. The Bertz CT molecular complexity index is 679. The maximum Gasteiger partial charge on any atom is 0.322 e. The van der Waals surface area contributed by atoms with Crippen molar-refractivity contribution >= 4 is 17.6 Å². The monoisotopic (exact) mass is 378 g/mol. The highest BCUT2D eigenvalue weighted by molar-refractivity contribution is 5.96. The normalized spacial score (nSPS) is 21.1. The fourth-order valence-corrected chi connectivity index (χ4v) is 3.71. The minimum absolute atomic E-state index is 0.178. The van der Waals surface area contributed by atoms with E-state index in [9.17, 15) is 14.0 Å². The molecule has 0 aromatic heterocycles. The van der Waals surface area contributed by atoms with E-state index in [0.29, 0.717) is 12.2 Å². The molecule has 0 radical (unpaired) electrons. The zero-order valence-electron chi connectivity index (χ0n) is 15.5. The van der Waals surface area contributed by atoms with E-state index in [1.165, 1.54) is 12.1 Å². The van der Waals surface area contributed by atoms with Gasteiger partial charge in [0, 0.05) is 37.9 Å². The number of carbonyl (C=O) groups is 2. The first-order chi connectivity index (χ1) is 13.0. The molecule has 0 unspecified atom stereocenters. The summed E-state index contributed by atoms with van der Waals surface area (Å²) in [5.41, 5.74) is 5.32. The van der Waals surface area contributed by atoms with Crippen LogP contribution in [0.25, 0.3) is 0 Å². The number of piperidine rings is 1. The molecule has 27 heavy (non-hydrogen) atoms. The minimum Gasteiger partial charge on any atom is -0.379 e. The van der Waals surface area contributed by atoms with Crippen LogP contribution in [0.2, 0.25) is 0 Å². The topological polar surface area (TPSA) is 87.9 Å². The summed E-state index contributed by atoms with van der Waals surface area (Å²) < 4.78 is 19.0. The van der Waals surface area contributed by atoms with Crippen molar-refractivity contribution in [3.8, 4) is 0 Å². The maximum absolute atomic E-state index is 13.6. The van der Waals surface area contributed by atoms with Crippen LogP contribution in [0, 0.1) is 5.82 Å². The first-order valence-electron chi connectivity index (χ1n) is 9.51. The first-order valence-corrected chi connectivity index (χ1v) is 9.51. The first kappa shape index (κ1) is 19.6. The van der Waals surface area contributed by atoms with Crippen LogP contribution in [-0.4, -0.2) is 67.2 Å². The second-order valence-corrected chi connectivity index (χ2v) is 7.07. The third-order valence-electron chi connectivity index (χ3n) is 5.25. The summed E-state index contributed by atoms with van der Waals surface area (Å²) in [6.45, 7) is 5.04. The van der Waals surface area contributed by atoms with Crippen LogP contribution in [0.15, 0.2) is 18.2 Å². The van der Waals surface area contributed by atoms with Gasteiger partial charge in [-0.1, -0.05) is 0 Å². The number of nitrogens with one attached hydrogen (secondary N) is 1. The highest BCUT2D eigenvalue weighted by atomic mass is 19.1. The average molecular weight is 378 g/mol. The van der Waals surface area contributed by atoms with Crippen molar-refractivity contribution in [1.29, 1.82) is 0 Å². The molecule has 2 saturated heterocycles. The van der Waals surface area contributed by atoms with E-state index >= 15 is 0 Å². The Morgan fingerprint density at radius 3 is 2.74 bits per heavy atom. The number of rotatable bonds is 5. The molecule has 1 aromatic rings. The lowest BCUT2D eigenvalue weighted by molar-refractivity contribution is 0.0329. The lowest BCUT2D eigenvalue weighted by Crippen LogP contribution is -2.48. The molecule has 0 spiro atoms. The van der Waals surface area contributed by atoms with Gasteiger partial charge in [-0.2, -0.15) is 0 Å². The summed E-state index contributed by atoms with van der Waals surface area (Å²) in [7, 11) is 0. The lowest BCUT2D eigenvalue weighted by Gasteiger charge is -2.37. The van der Waals surface area contributed by atoms with Crippen LogP contribution in [0.3, 0.4) is 0 Å². The summed E-state index contributed by atoms with van der Waals surface area (Å²) >= 11 is 0. The zero-order chi connectivity index (χ0) is 19.2. The van der Waals surface area contributed by atoms with Gasteiger partial charge in [-0.3, -0.25) is 9.69 Å². The van der Waals surface area contributed by atoms with Gasteiger partial charge in [-0.15, -0.1) is 0 Å². The molecule has 2 aliphatic heterocycles. The summed E-state index contributed by atoms with van der Waals surface area (Å²) in [6.07, 6.45) is 3.98. The average Bonchev–Trinajstić information content (AvgIpc) is 2.68. The predicted molar refractivity (Wildman–Crippen MR) is 100 cm³/mol. The molecule has 3 N–H and O–H groups in total. The van der Waals surface area contributed by atoms with Gasteiger partial charge in [-0.25, -0.2) is 9.18 Å². The van der Waals surface area contributed by atoms with E-state index in [2.05, 4.69) is 10.2 Å². The molecule has 0 saturated carbocycles. The quantitative estimate of drug-likeness (QED) is 0.821. The fourth-order valence-electron chi connectivity index (χ4n) is 3.71. The van der Waals surface area contributed by atoms with Crippen LogP contribution < -0.4 is 11.1 Å². The number of carbonyl (C=O) groups excluding carboxylic acids is 2. The molecule has 7 nitrogen and oxygen atoms in total. The molecule has 1 aromatic carbocycles. The second kappa shape index (κ2) is 9.14. The molecule has 2 heterocycles. The molecule has 2 aliphatic rings. The number of likely N-dealkylation sites (tertiary alicyclic amines) is 1. The largest absolute Gasteiger partial charge is 0.379 e. The van der Waals surface area contributed by atoms with Crippen LogP contribution in [0.5, 0.6) is 0 Å². The van der Waals surface area contributed by atoms with Gasteiger partial charge in [0.1, 0.15) is 5.82 Å². The van der Waals surface area contributed by atoms with Gasteiger partial charge in [-0.05, 0) is 43.9 Å². The van der Waals surface area contributed by atoms with Gasteiger partial charge >= 0.3 is 6.03 Å². The molecule has 2 fully saturated rings. The number of anilines is 1. The van der Waals surface area contributed by atoms with Crippen molar-refractivity contribution < 1.29 is 18.7 Å². The summed E-state index contributed by atoms with van der Waals surface area (Å²) in [5.74, 6) is -1.55. The number of ether oxygens (including phenoxy) is 1. The number of nitrogens with two attached hydrogens (primary N) is 1.